The molecule has 0 atom stereocenters. The zero-order valence-electron chi connectivity index (χ0n) is 8.86. The van der Waals surface area contributed by atoms with Crippen LogP contribution in [0.25, 0.3) is 10.9 Å². The molecule has 0 aliphatic heterocycles. The summed E-state index contributed by atoms with van der Waals surface area (Å²) < 4.78 is 0.943. The quantitative estimate of drug-likeness (QED) is 0.690. The minimum Gasteiger partial charge on any atom is -0.251 e. The SMILES string of the molecule is Cc1cc(C)c2nc(C)c(Cl)c(Br)c2c1. The first-order chi connectivity index (χ1) is 7.00. The van der Waals surface area contributed by atoms with Crippen LogP contribution < -0.4 is 0 Å². The third-order valence-electron chi connectivity index (χ3n) is 2.47. The highest BCUT2D eigenvalue weighted by atomic mass is 79.9. The normalized spacial score (nSPS) is 11.0. The number of hydrogen-bond acceptors (Lipinski definition) is 1. The second-order valence-corrected chi connectivity index (χ2v) is 4.97. The Hall–Kier alpha value is -0.600. The number of aryl methyl sites for hydroxylation is 3. The van der Waals surface area contributed by atoms with Crippen LogP contribution in [0.15, 0.2) is 16.6 Å². The molecule has 0 unspecified atom stereocenters. The second-order valence-electron chi connectivity index (χ2n) is 3.80. The van der Waals surface area contributed by atoms with Crippen LogP contribution in [0.2, 0.25) is 5.02 Å². The number of fused-ring (bicyclic) bond motifs is 1. The van der Waals surface area contributed by atoms with E-state index >= 15 is 0 Å². The molecule has 0 saturated carbocycles. The fraction of sp³-hybridized carbons (Fsp3) is 0.250. The molecule has 0 saturated heterocycles. The summed E-state index contributed by atoms with van der Waals surface area (Å²) >= 11 is 9.68. The van der Waals surface area contributed by atoms with Gasteiger partial charge in [-0.2, -0.15) is 0 Å². The number of hydrogen-bond donors (Lipinski definition) is 0. The number of halogens is 2. The molecule has 0 N–H and O–H groups in total. The average Bonchev–Trinajstić information content (AvgIpc) is 2.17. The van der Waals surface area contributed by atoms with Crippen LogP contribution >= 0.6 is 27.5 Å². The maximum Gasteiger partial charge on any atom is 0.0767 e. The lowest BCUT2D eigenvalue weighted by molar-refractivity contribution is 1.23. The lowest BCUT2D eigenvalue weighted by atomic mass is 10.1. The summed E-state index contributed by atoms with van der Waals surface area (Å²) in [4.78, 5) is 4.51. The Balaban J connectivity index is 2.98. The van der Waals surface area contributed by atoms with Crippen LogP contribution in [0.3, 0.4) is 0 Å². The zero-order chi connectivity index (χ0) is 11.2. The van der Waals surface area contributed by atoms with E-state index in [-0.39, 0.29) is 0 Å². The van der Waals surface area contributed by atoms with Gasteiger partial charge < -0.3 is 0 Å². The largest absolute Gasteiger partial charge is 0.251 e. The molecule has 0 fully saturated rings. The van der Waals surface area contributed by atoms with E-state index in [2.05, 4.69) is 46.9 Å². The van der Waals surface area contributed by atoms with Gasteiger partial charge in [0.25, 0.3) is 0 Å². The first-order valence-corrected chi connectivity index (χ1v) is 5.90. The standard InChI is InChI=1S/C12H11BrClN/c1-6-4-7(2)12-9(5-6)10(13)11(14)8(3)15-12/h4-5H,1-3H3. The van der Waals surface area contributed by atoms with Gasteiger partial charge >= 0.3 is 0 Å². The summed E-state index contributed by atoms with van der Waals surface area (Å²) in [5, 5.41) is 1.79. The number of pyridine rings is 1. The highest BCUT2D eigenvalue weighted by Crippen LogP contribution is 2.33. The van der Waals surface area contributed by atoms with Crippen molar-refractivity contribution in [1.82, 2.24) is 4.98 Å². The molecule has 1 aromatic heterocycles. The number of nitrogens with zero attached hydrogens (tertiary/aromatic N) is 1. The van der Waals surface area contributed by atoms with Crippen LogP contribution in [-0.2, 0) is 0 Å². The fourth-order valence-electron chi connectivity index (χ4n) is 1.77. The molecule has 0 aliphatic rings. The van der Waals surface area contributed by atoms with Gasteiger partial charge in [-0.1, -0.05) is 23.2 Å². The maximum absolute atomic E-state index is 6.15. The molecule has 1 heterocycles. The second kappa shape index (κ2) is 3.76. The zero-order valence-corrected chi connectivity index (χ0v) is 11.2. The van der Waals surface area contributed by atoms with Gasteiger partial charge in [0.15, 0.2) is 0 Å². The molecule has 1 aromatic carbocycles. The number of aromatic nitrogens is 1. The predicted octanol–water partition coefficient (Wildman–Crippen LogP) is 4.58. The first-order valence-electron chi connectivity index (χ1n) is 4.73. The first kappa shape index (κ1) is 10.9. The van der Waals surface area contributed by atoms with Crippen LogP contribution in [0, 0.1) is 20.8 Å². The Labute approximate surface area is 103 Å². The van der Waals surface area contributed by atoms with E-state index in [1.807, 2.05) is 6.92 Å². The van der Waals surface area contributed by atoms with Gasteiger partial charge in [0.05, 0.1) is 16.2 Å². The molecular formula is C12H11BrClN. The van der Waals surface area contributed by atoms with E-state index in [1.54, 1.807) is 0 Å². The van der Waals surface area contributed by atoms with E-state index in [1.165, 1.54) is 11.1 Å². The number of rotatable bonds is 0. The van der Waals surface area contributed by atoms with E-state index < -0.39 is 0 Å². The lowest BCUT2D eigenvalue weighted by Gasteiger charge is -2.09. The molecule has 0 bridgehead atoms. The summed E-state index contributed by atoms with van der Waals surface area (Å²) in [5.41, 5.74) is 4.30. The Morgan fingerprint density at radius 3 is 2.53 bits per heavy atom. The van der Waals surface area contributed by atoms with Gasteiger partial charge in [0.2, 0.25) is 0 Å². The Morgan fingerprint density at radius 1 is 1.20 bits per heavy atom. The molecule has 0 aliphatic carbocycles. The molecule has 2 rings (SSSR count). The highest BCUT2D eigenvalue weighted by Gasteiger charge is 2.10. The monoisotopic (exact) mass is 283 g/mol. The minimum absolute atomic E-state index is 0.701. The molecule has 15 heavy (non-hydrogen) atoms. The average molecular weight is 285 g/mol. The van der Waals surface area contributed by atoms with Gasteiger partial charge in [0.1, 0.15) is 0 Å². The third kappa shape index (κ3) is 1.77. The van der Waals surface area contributed by atoms with Gasteiger partial charge in [-0.15, -0.1) is 0 Å². The molecule has 1 nitrogen and oxygen atoms in total. The van der Waals surface area contributed by atoms with Crippen LogP contribution in [0.4, 0.5) is 0 Å². The molecular weight excluding hydrogens is 273 g/mol. The molecule has 2 aromatic rings. The van der Waals surface area contributed by atoms with Gasteiger partial charge in [0, 0.05) is 9.86 Å². The molecule has 0 amide bonds. The van der Waals surface area contributed by atoms with Crippen molar-refractivity contribution in [2.45, 2.75) is 20.8 Å². The maximum atomic E-state index is 6.15. The lowest BCUT2D eigenvalue weighted by Crippen LogP contribution is -1.91. The van der Waals surface area contributed by atoms with E-state index in [0.29, 0.717) is 5.02 Å². The third-order valence-corrected chi connectivity index (χ3v) is 3.99. The summed E-state index contributed by atoms with van der Waals surface area (Å²) in [6.45, 7) is 6.07. The fourth-order valence-corrected chi connectivity index (χ4v) is 2.50. The van der Waals surface area contributed by atoms with Crippen molar-refractivity contribution in [3.63, 3.8) is 0 Å². The highest BCUT2D eigenvalue weighted by molar-refractivity contribution is 9.10. The Bertz CT molecular complexity index is 549. The van der Waals surface area contributed by atoms with Crippen molar-refractivity contribution in [3.8, 4) is 0 Å². The van der Waals surface area contributed by atoms with Gasteiger partial charge in [-0.05, 0) is 48.3 Å². The van der Waals surface area contributed by atoms with Crippen molar-refractivity contribution < 1.29 is 0 Å². The molecule has 0 radical (unpaired) electrons. The summed E-state index contributed by atoms with van der Waals surface area (Å²) in [6.07, 6.45) is 0. The summed E-state index contributed by atoms with van der Waals surface area (Å²) in [5.74, 6) is 0. The van der Waals surface area contributed by atoms with Gasteiger partial charge in [-0.3, -0.25) is 4.98 Å². The summed E-state index contributed by atoms with van der Waals surface area (Å²) in [7, 11) is 0. The van der Waals surface area contributed by atoms with E-state index in [4.69, 9.17) is 11.6 Å². The van der Waals surface area contributed by atoms with Crippen molar-refractivity contribution in [1.29, 1.82) is 0 Å². The van der Waals surface area contributed by atoms with Gasteiger partial charge in [-0.25, -0.2) is 0 Å². The molecule has 78 valence electrons. The van der Waals surface area contributed by atoms with E-state index in [9.17, 15) is 0 Å². The summed E-state index contributed by atoms with van der Waals surface area (Å²) in [6, 6.07) is 4.24. The van der Waals surface area contributed by atoms with Crippen LogP contribution in [-0.4, -0.2) is 4.98 Å². The predicted molar refractivity (Wildman–Crippen MR) is 68.7 cm³/mol. The van der Waals surface area contributed by atoms with Crippen LogP contribution in [0.1, 0.15) is 16.8 Å². The topological polar surface area (TPSA) is 12.9 Å². The van der Waals surface area contributed by atoms with E-state index in [0.717, 1.165) is 21.1 Å². The van der Waals surface area contributed by atoms with Crippen molar-refractivity contribution >= 4 is 38.4 Å². The molecule has 3 heteroatoms. The molecule has 0 spiro atoms. The van der Waals surface area contributed by atoms with Crippen molar-refractivity contribution in [3.05, 3.63) is 38.4 Å². The Kier molecular flexibility index (Phi) is 2.73. The van der Waals surface area contributed by atoms with Crippen LogP contribution in [0.5, 0.6) is 0 Å². The smallest absolute Gasteiger partial charge is 0.0767 e. The Morgan fingerprint density at radius 2 is 1.87 bits per heavy atom. The van der Waals surface area contributed by atoms with Crippen molar-refractivity contribution in [2.75, 3.05) is 0 Å². The minimum atomic E-state index is 0.701. The van der Waals surface area contributed by atoms with Crippen molar-refractivity contribution in [2.24, 2.45) is 0 Å². The number of benzene rings is 1.